The predicted molar refractivity (Wildman–Crippen MR) is 62.3 cm³/mol. The van der Waals surface area contributed by atoms with E-state index in [0.29, 0.717) is 5.56 Å². The van der Waals surface area contributed by atoms with Crippen molar-refractivity contribution < 1.29 is 9.90 Å². The third-order valence-corrected chi connectivity index (χ3v) is 3.13. The minimum absolute atomic E-state index is 0.323. The van der Waals surface area contributed by atoms with Crippen LogP contribution >= 0.6 is 15.9 Å². The maximum absolute atomic E-state index is 10.8. The van der Waals surface area contributed by atoms with Gasteiger partial charge >= 0.3 is 5.97 Å². The molecule has 0 unspecified atom stereocenters. The van der Waals surface area contributed by atoms with E-state index in [1.54, 1.807) is 18.2 Å². The van der Waals surface area contributed by atoms with Crippen LogP contribution in [0.5, 0.6) is 0 Å². The Morgan fingerprint density at radius 1 is 1.53 bits per heavy atom. The number of halogens is 1. The van der Waals surface area contributed by atoms with Crippen LogP contribution in [-0.4, -0.2) is 16.1 Å². The normalized spacial score (nSPS) is 10.8. The van der Waals surface area contributed by atoms with Crippen LogP contribution in [-0.2, 0) is 6.42 Å². The second kappa shape index (κ2) is 3.70. The fraction of sp³-hybridized carbons (Fsp3) is 0.182. The number of carbonyl (C=O) groups is 1. The summed E-state index contributed by atoms with van der Waals surface area (Å²) in [5.41, 5.74) is 2.40. The van der Waals surface area contributed by atoms with Crippen molar-refractivity contribution in [2.75, 3.05) is 0 Å². The van der Waals surface area contributed by atoms with Gasteiger partial charge in [-0.05, 0) is 46.1 Å². The van der Waals surface area contributed by atoms with E-state index in [9.17, 15) is 4.79 Å². The average Bonchev–Trinajstić information content (AvgIpc) is 2.51. The molecule has 0 aliphatic heterocycles. The highest BCUT2D eigenvalue weighted by atomic mass is 79.9. The molecule has 2 aromatic rings. The van der Waals surface area contributed by atoms with Crippen molar-refractivity contribution in [2.45, 2.75) is 13.3 Å². The molecule has 3 nitrogen and oxygen atoms in total. The molecule has 0 bridgehead atoms. The summed E-state index contributed by atoms with van der Waals surface area (Å²) in [4.78, 5) is 14.0. The number of aromatic amines is 1. The van der Waals surface area contributed by atoms with E-state index in [-0.39, 0.29) is 0 Å². The molecule has 0 aliphatic carbocycles. The maximum atomic E-state index is 10.8. The van der Waals surface area contributed by atoms with Gasteiger partial charge in [-0.15, -0.1) is 0 Å². The highest BCUT2D eigenvalue weighted by Gasteiger charge is 2.10. The minimum atomic E-state index is -0.892. The van der Waals surface area contributed by atoms with Gasteiger partial charge in [0.15, 0.2) is 0 Å². The van der Waals surface area contributed by atoms with Gasteiger partial charge in [0.05, 0.1) is 10.2 Å². The standard InChI is InChI=1S/C11H10BrNO2/c1-2-7-8-5-6(11(14)15)3-4-9(8)13-10(7)12/h3-5,13H,2H2,1H3,(H,14,15). The van der Waals surface area contributed by atoms with E-state index in [2.05, 4.69) is 20.9 Å². The summed E-state index contributed by atoms with van der Waals surface area (Å²) in [6.07, 6.45) is 0.865. The summed E-state index contributed by atoms with van der Waals surface area (Å²) < 4.78 is 0.933. The van der Waals surface area contributed by atoms with Gasteiger partial charge in [-0.3, -0.25) is 0 Å². The lowest BCUT2D eigenvalue weighted by Crippen LogP contribution is -1.95. The number of H-pyrrole nitrogens is 1. The fourth-order valence-electron chi connectivity index (χ4n) is 1.69. The molecule has 0 radical (unpaired) electrons. The quantitative estimate of drug-likeness (QED) is 0.878. The van der Waals surface area contributed by atoms with Gasteiger partial charge in [0, 0.05) is 10.9 Å². The van der Waals surface area contributed by atoms with E-state index in [4.69, 9.17) is 5.11 Å². The van der Waals surface area contributed by atoms with E-state index in [1.807, 2.05) is 6.92 Å². The fourth-order valence-corrected chi connectivity index (χ4v) is 2.40. The summed E-state index contributed by atoms with van der Waals surface area (Å²) in [6, 6.07) is 5.10. The van der Waals surface area contributed by atoms with Crippen LogP contribution in [0.15, 0.2) is 22.8 Å². The Balaban J connectivity index is 2.73. The first kappa shape index (κ1) is 10.2. The molecule has 2 N–H and O–H groups in total. The molecule has 4 heteroatoms. The molecule has 1 aromatic carbocycles. The lowest BCUT2D eigenvalue weighted by Gasteiger charge is -1.97. The molecule has 0 amide bonds. The number of hydrogen-bond acceptors (Lipinski definition) is 1. The van der Waals surface area contributed by atoms with Crippen LogP contribution in [0.4, 0.5) is 0 Å². The van der Waals surface area contributed by atoms with Crippen molar-refractivity contribution in [2.24, 2.45) is 0 Å². The second-order valence-electron chi connectivity index (χ2n) is 3.34. The first-order valence-electron chi connectivity index (χ1n) is 4.67. The molecule has 0 saturated carbocycles. The molecule has 15 heavy (non-hydrogen) atoms. The first-order valence-corrected chi connectivity index (χ1v) is 5.46. The number of aryl methyl sites for hydroxylation is 1. The van der Waals surface area contributed by atoms with Crippen LogP contribution in [0.2, 0.25) is 0 Å². The van der Waals surface area contributed by atoms with Crippen LogP contribution in [0.1, 0.15) is 22.8 Å². The number of fused-ring (bicyclic) bond motifs is 1. The maximum Gasteiger partial charge on any atom is 0.335 e. The monoisotopic (exact) mass is 267 g/mol. The van der Waals surface area contributed by atoms with Crippen LogP contribution in [0.25, 0.3) is 10.9 Å². The van der Waals surface area contributed by atoms with Crippen molar-refractivity contribution in [3.8, 4) is 0 Å². The van der Waals surface area contributed by atoms with E-state index >= 15 is 0 Å². The minimum Gasteiger partial charge on any atom is -0.478 e. The van der Waals surface area contributed by atoms with E-state index in [0.717, 1.165) is 27.5 Å². The Kier molecular flexibility index (Phi) is 2.52. The number of benzene rings is 1. The molecular formula is C11H10BrNO2. The smallest absolute Gasteiger partial charge is 0.335 e. The second-order valence-corrected chi connectivity index (χ2v) is 4.13. The van der Waals surface area contributed by atoms with Crippen molar-refractivity contribution in [3.63, 3.8) is 0 Å². The van der Waals surface area contributed by atoms with Crippen molar-refractivity contribution >= 4 is 32.8 Å². The highest BCUT2D eigenvalue weighted by Crippen LogP contribution is 2.27. The summed E-state index contributed by atoms with van der Waals surface area (Å²) in [5.74, 6) is -0.892. The van der Waals surface area contributed by atoms with Gasteiger partial charge in [0.25, 0.3) is 0 Å². The van der Waals surface area contributed by atoms with Gasteiger partial charge < -0.3 is 10.1 Å². The number of rotatable bonds is 2. The molecule has 0 saturated heterocycles. The van der Waals surface area contributed by atoms with Crippen molar-refractivity contribution in [1.82, 2.24) is 4.98 Å². The van der Waals surface area contributed by atoms with Crippen molar-refractivity contribution in [3.05, 3.63) is 33.9 Å². The Labute approximate surface area is 95.2 Å². The number of aromatic nitrogens is 1. The Morgan fingerprint density at radius 3 is 2.87 bits per heavy atom. The molecule has 0 atom stereocenters. The molecule has 78 valence electrons. The molecule has 0 spiro atoms. The molecule has 0 fully saturated rings. The third kappa shape index (κ3) is 1.65. The Hall–Kier alpha value is -1.29. The van der Waals surface area contributed by atoms with Gasteiger partial charge in [0.1, 0.15) is 0 Å². The number of carboxylic acid groups (broad SMARTS) is 1. The Bertz CT molecular complexity index is 531. The Morgan fingerprint density at radius 2 is 2.27 bits per heavy atom. The molecule has 1 aromatic heterocycles. The molecule has 2 rings (SSSR count). The summed E-state index contributed by atoms with van der Waals surface area (Å²) in [6.45, 7) is 2.04. The SMILES string of the molecule is CCc1c(Br)[nH]c2ccc(C(=O)O)cc12. The zero-order valence-corrected chi connectivity index (χ0v) is 9.76. The van der Waals surface area contributed by atoms with Gasteiger partial charge in [-0.1, -0.05) is 6.92 Å². The number of nitrogens with one attached hydrogen (secondary N) is 1. The van der Waals surface area contributed by atoms with Crippen molar-refractivity contribution in [1.29, 1.82) is 0 Å². The number of carboxylic acids is 1. The molecular weight excluding hydrogens is 258 g/mol. The highest BCUT2D eigenvalue weighted by molar-refractivity contribution is 9.10. The predicted octanol–water partition coefficient (Wildman–Crippen LogP) is 3.19. The van der Waals surface area contributed by atoms with Gasteiger partial charge in [-0.25, -0.2) is 4.79 Å². The van der Waals surface area contributed by atoms with E-state index in [1.165, 1.54) is 0 Å². The molecule has 1 heterocycles. The zero-order valence-electron chi connectivity index (χ0n) is 8.17. The summed E-state index contributed by atoms with van der Waals surface area (Å²) >= 11 is 3.43. The van der Waals surface area contributed by atoms with Crippen LogP contribution < -0.4 is 0 Å². The number of aromatic carboxylic acids is 1. The van der Waals surface area contributed by atoms with Gasteiger partial charge in [-0.2, -0.15) is 0 Å². The lowest BCUT2D eigenvalue weighted by molar-refractivity contribution is 0.0697. The number of hydrogen-bond donors (Lipinski definition) is 2. The first-order chi connectivity index (χ1) is 7.13. The van der Waals surface area contributed by atoms with Crippen LogP contribution in [0.3, 0.4) is 0 Å². The summed E-state index contributed by atoms with van der Waals surface area (Å²) in [7, 11) is 0. The van der Waals surface area contributed by atoms with Gasteiger partial charge in [0.2, 0.25) is 0 Å². The topological polar surface area (TPSA) is 53.1 Å². The third-order valence-electron chi connectivity index (χ3n) is 2.45. The molecule has 0 aliphatic rings. The van der Waals surface area contributed by atoms with Crippen LogP contribution in [0, 0.1) is 0 Å². The largest absolute Gasteiger partial charge is 0.478 e. The summed E-state index contributed by atoms with van der Waals surface area (Å²) in [5, 5.41) is 9.87. The average molecular weight is 268 g/mol. The zero-order chi connectivity index (χ0) is 11.0. The van der Waals surface area contributed by atoms with E-state index < -0.39 is 5.97 Å². The lowest BCUT2D eigenvalue weighted by atomic mass is 10.1.